The first kappa shape index (κ1) is 11.5. The highest BCUT2D eigenvalue weighted by molar-refractivity contribution is 5.79. The number of nitrogens with zero attached hydrogens (tertiary/aromatic N) is 3. The number of aromatic nitrogens is 4. The second-order valence-corrected chi connectivity index (χ2v) is 4.37. The first-order chi connectivity index (χ1) is 9.09. The van der Waals surface area contributed by atoms with Gasteiger partial charge in [0.2, 0.25) is 5.88 Å². The molecule has 6 nitrogen and oxygen atoms in total. The molecule has 0 aromatic carbocycles. The number of aryl methyl sites for hydroxylation is 1. The van der Waals surface area contributed by atoms with E-state index in [2.05, 4.69) is 15.1 Å². The van der Waals surface area contributed by atoms with Crippen molar-refractivity contribution in [2.75, 3.05) is 0 Å². The molecule has 0 spiro atoms. The van der Waals surface area contributed by atoms with Gasteiger partial charge < -0.3 is 10.1 Å². The highest BCUT2D eigenvalue weighted by Gasteiger charge is 2.17. The van der Waals surface area contributed by atoms with Gasteiger partial charge in [0.05, 0.1) is 11.3 Å². The molecule has 0 radical (unpaired) electrons. The minimum Gasteiger partial charge on any atom is -0.493 e. The third-order valence-corrected chi connectivity index (χ3v) is 3.12. The van der Waals surface area contributed by atoms with Crippen molar-refractivity contribution in [3.63, 3.8) is 0 Å². The Morgan fingerprint density at radius 1 is 1.37 bits per heavy atom. The molecular weight excluding hydrogens is 244 g/mol. The fraction of sp³-hybridized carbons (Fsp3) is 0.154. The molecule has 0 amide bonds. The van der Waals surface area contributed by atoms with E-state index in [1.54, 1.807) is 19.3 Å². The monoisotopic (exact) mass is 256 g/mol. The SMILES string of the molecule is Cc1nn2c(O)c(C)c(=O)[nH]c2c1-c1cccnc1. The standard InChI is InChI=1S/C13H12N4O2/c1-7-12(18)15-11-10(9-4-3-5-14-6-9)8(2)16-17(11)13(7)19/h3-6,19H,1-2H3,(H,15,18). The summed E-state index contributed by atoms with van der Waals surface area (Å²) in [6, 6.07) is 3.69. The van der Waals surface area contributed by atoms with Gasteiger partial charge in [-0.05, 0) is 19.9 Å². The highest BCUT2D eigenvalue weighted by Crippen LogP contribution is 2.28. The number of aromatic amines is 1. The van der Waals surface area contributed by atoms with Crippen LogP contribution in [0.2, 0.25) is 0 Å². The number of pyridine rings is 1. The topological polar surface area (TPSA) is 83.3 Å². The fourth-order valence-corrected chi connectivity index (χ4v) is 2.11. The summed E-state index contributed by atoms with van der Waals surface area (Å²) in [5.74, 6) is -0.142. The Balaban J connectivity index is 2.45. The van der Waals surface area contributed by atoms with Gasteiger partial charge in [-0.1, -0.05) is 6.07 Å². The molecule has 0 atom stereocenters. The molecule has 6 heteroatoms. The maximum Gasteiger partial charge on any atom is 0.257 e. The zero-order valence-corrected chi connectivity index (χ0v) is 10.5. The van der Waals surface area contributed by atoms with Crippen LogP contribution >= 0.6 is 0 Å². The zero-order valence-electron chi connectivity index (χ0n) is 10.5. The Hall–Kier alpha value is -2.63. The first-order valence-electron chi connectivity index (χ1n) is 5.81. The lowest BCUT2D eigenvalue weighted by Gasteiger charge is -2.02. The average Bonchev–Trinajstić information content (AvgIpc) is 2.74. The molecule has 0 aliphatic rings. The van der Waals surface area contributed by atoms with Crippen molar-refractivity contribution < 1.29 is 5.11 Å². The van der Waals surface area contributed by atoms with Gasteiger partial charge in [-0.3, -0.25) is 9.78 Å². The molecule has 0 aliphatic heterocycles. The van der Waals surface area contributed by atoms with Crippen LogP contribution < -0.4 is 5.56 Å². The summed E-state index contributed by atoms with van der Waals surface area (Å²) >= 11 is 0. The summed E-state index contributed by atoms with van der Waals surface area (Å²) < 4.78 is 1.34. The van der Waals surface area contributed by atoms with Crippen LogP contribution in [-0.4, -0.2) is 24.7 Å². The predicted octanol–water partition coefficient (Wildman–Crippen LogP) is 1.41. The Morgan fingerprint density at radius 3 is 2.84 bits per heavy atom. The number of hydrogen-bond donors (Lipinski definition) is 2. The molecule has 3 aromatic heterocycles. The number of fused-ring (bicyclic) bond motifs is 1. The van der Waals surface area contributed by atoms with Gasteiger partial charge in [0.25, 0.3) is 5.56 Å². The molecule has 0 bridgehead atoms. The van der Waals surface area contributed by atoms with Crippen LogP contribution in [0.5, 0.6) is 5.88 Å². The van der Waals surface area contributed by atoms with E-state index in [0.717, 1.165) is 11.1 Å². The van der Waals surface area contributed by atoms with Crippen molar-refractivity contribution in [2.45, 2.75) is 13.8 Å². The summed E-state index contributed by atoms with van der Waals surface area (Å²) in [7, 11) is 0. The number of H-pyrrole nitrogens is 1. The normalized spacial score (nSPS) is 11.1. The van der Waals surface area contributed by atoms with Gasteiger partial charge in [0.15, 0.2) is 0 Å². The summed E-state index contributed by atoms with van der Waals surface area (Å²) in [5.41, 5.74) is 2.71. The molecule has 0 saturated carbocycles. The second kappa shape index (κ2) is 3.94. The molecular formula is C13H12N4O2. The van der Waals surface area contributed by atoms with E-state index in [1.165, 1.54) is 4.52 Å². The average molecular weight is 256 g/mol. The number of hydrogen-bond acceptors (Lipinski definition) is 4. The number of rotatable bonds is 1. The van der Waals surface area contributed by atoms with Gasteiger partial charge in [0, 0.05) is 23.5 Å². The molecule has 0 saturated heterocycles. The van der Waals surface area contributed by atoms with Crippen molar-refractivity contribution in [3.05, 3.63) is 46.1 Å². The summed E-state index contributed by atoms with van der Waals surface area (Å²) in [6.07, 6.45) is 3.37. The van der Waals surface area contributed by atoms with Crippen LogP contribution in [0.3, 0.4) is 0 Å². The van der Waals surface area contributed by atoms with Gasteiger partial charge in [0.1, 0.15) is 5.65 Å². The predicted molar refractivity (Wildman–Crippen MR) is 70.2 cm³/mol. The van der Waals surface area contributed by atoms with Crippen LogP contribution in [0.4, 0.5) is 0 Å². The van der Waals surface area contributed by atoms with Gasteiger partial charge >= 0.3 is 0 Å². The maximum absolute atomic E-state index is 11.8. The maximum atomic E-state index is 11.8. The Bertz CT molecular complexity index is 818. The second-order valence-electron chi connectivity index (χ2n) is 4.37. The summed E-state index contributed by atoms with van der Waals surface area (Å²) in [4.78, 5) is 18.6. The molecule has 0 unspecified atom stereocenters. The van der Waals surface area contributed by atoms with Crippen molar-refractivity contribution in [1.29, 1.82) is 0 Å². The van der Waals surface area contributed by atoms with E-state index in [-0.39, 0.29) is 17.0 Å². The molecule has 2 N–H and O–H groups in total. The van der Waals surface area contributed by atoms with E-state index in [1.807, 2.05) is 19.1 Å². The van der Waals surface area contributed by atoms with Crippen molar-refractivity contribution >= 4 is 5.65 Å². The largest absolute Gasteiger partial charge is 0.493 e. The first-order valence-corrected chi connectivity index (χ1v) is 5.81. The Morgan fingerprint density at radius 2 is 2.16 bits per heavy atom. The van der Waals surface area contributed by atoms with E-state index >= 15 is 0 Å². The van der Waals surface area contributed by atoms with E-state index in [4.69, 9.17) is 0 Å². The van der Waals surface area contributed by atoms with E-state index in [9.17, 15) is 9.90 Å². The molecule has 3 rings (SSSR count). The third-order valence-electron chi connectivity index (χ3n) is 3.12. The molecule has 0 fully saturated rings. The lowest BCUT2D eigenvalue weighted by Crippen LogP contribution is -2.12. The van der Waals surface area contributed by atoms with Gasteiger partial charge in [-0.2, -0.15) is 9.61 Å². The molecule has 96 valence electrons. The van der Waals surface area contributed by atoms with Crippen LogP contribution in [0.1, 0.15) is 11.3 Å². The smallest absolute Gasteiger partial charge is 0.257 e. The lowest BCUT2D eigenvalue weighted by molar-refractivity contribution is 0.429. The van der Waals surface area contributed by atoms with Crippen LogP contribution in [0.25, 0.3) is 16.8 Å². The van der Waals surface area contributed by atoms with Gasteiger partial charge in [-0.15, -0.1) is 0 Å². The van der Waals surface area contributed by atoms with E-state index < -0.39 is 0 Å². The van der Waals surface area contributed by atoms with Crippen molar-refractivity contribution in [1.82, 2.24) is 19.6 Å². The molecule has 19 heavy (non-hydrogen) atoms. The van der Waals surface area contributed by atoms with E-state index in [0.29, 0.717) is 11.3 Å². The zero-order chi connectivity index (χ0) is 13.6. The van der Waals surface area contributed by atoms with Crippen molar-refractivity contribution in [2.24, 2.45) is 0 Å². The summed E-state index contributed by atoms with van der Waals surface area (Å²) in [6.45, 7) is 3.37. The lowest BCUT2D eigenvalue weighted by atomic mass is 10.1. The molecule has 3 aromatic rings. The van der Waals surface area contributed by atoms with Gasteiger partial charge in [-0.25, -0.2) is 0 Å². The number of nitrogens with one attached hydrogen (secondary N) is 1. The molecule has 3 heterocycles. The summed E-state index contributed by atoms with van der Waals surface area (Å²) in [5, 5.41) is 14.2. The van der Waals surface area contributed by atoms with Crippen molar-refractivity contribution in [3.8, 4) is 17.0 Å². The number of aromatic hydroxyl groups is 1. The third kappa shape index (κ3) is 1.61. The van der Waals surface area contributed by atoms with Crippen LogP contribution in [0, 0.1) is 13.8 Å². The quantitative estimate of drug-likeness (QED) is 0.689. The fourth-order valence-electron chi connectivity index (χ4n) is 2.11. The Labute approximate surface area is 108 Å². The Kier molecular flexibility index (Phi) is 2.38. The highest BCUT2D eigenvalue weighted by atomic mass is 16.3. The van der Waals surface area contributed by atoms with Crippen LogP contribution in [-0.2, 0) is 0 Å². The van der Waals surface area contributed by atoms with Crippen LogP contribution in [0.15, 0.2) is 29.3 Å². The molecule has 0 aliphatic carbocycles. The minimum atomic E-state index is -0.324. The minimum absolute atomic E-state index is 0.142.